The number of nitrogens with zero attached hydrogens (tertiary/aromatic N) is 2. The Hall–Kier alpha value is -2.06. The quantitative estimate of drug-likeness (QED) is 0.840. The van der Waals surface area contributed by atoms with E-state index in [2.05, 4.69) is 11.4 Å². The molecule has 2 amide bonds. The van der Waals surface area contributed by atoms with Gasteiger partial charge < -0.3 is 10.2 Å². The molecule has 3 aliphatic rings. The number of halogens is 1. The average molecular weight is 400 g/mol. The highest BCUT2D eigenvalue weighted by atomic mass is 35.5. The summed E-state index contributed by atoms with van der Waals surface area (Å²) in [6, 6.07) is 10.0. The van der Waals surface area contributed by atoms with Crippen molar-refractivity contribution in [2.24, 2.45) is 11.8 Å². The van der Waals surface area contributed by atoms with E-state index in [4.69, 9.17) is 11.6 Å². The van der Waals surface area contributed by atoms with E-state index in [0.717, 1.165) is 42.7 Å². The topological polar surface area (TPSA) is 73.2 Å². The van der Waals surface area contributed by atoms with E-state index >= 15 is 0 Å². The first-order chi connectivity index (χ1) is 13.5. The number of carbonyl (C=O) groups excluding carboxylic acids is 2. The average Bonchev–Trinajstić information content (AvgIpc) is 3.32. The van der Waals surface area contributed by atoms with Crippen LogP contribution < -0.4 is 5.32 Å². The van der Waals surface area contributed by atoms with Crippen LogP contribution in [0.3, 0.4) is 0 Å². The monoisotopic (exact) mass is 399 g/mol. The van der Waals surface area contributed by atoms with Gasteiger partial charge in [0.15, 0.2) is 0 Å². The van der Waals surface area contributed by atoms with Crippen LogP contribution >= 0.6 is 11.6 Å². The lowest BCUT2D eigenvalue weighted by Crippen LogP contribution is -2.47. The van der Waals surface area contributed by atoms with Gasteiger partial charge in [-0.2, -0.15) is 5.26 Å². The summed E-state index contributed by atoms with van der Waals surface area (Å²) in [5.74, 6) is -0.350. The molecule has 5 nitrogen and oxygen atoms in total. The largest absolute Gasteiger partial charge is 0.342 e. The molecule has 2 saturated carbocycles. The van der Waals surface area contributed by atoms with Crippen molar-refractivity contribution in [1.82, 2.24) is 10.2 Å². The first-order valence-electron chi connectivity index (χ1n) is 10.3. The summed E-state index contributed by atoms with van der Waals surface area (Å²) in [5.41, 5.74) is 0.423. The van der Waals surface area contributed by atoms with Crippen LogP contribution in [0.15, 0.2) is 24.3 Å². The van der Waals surface area contributed by atoms with Gasteiger partial charge in [-0.1, -0.05) is 42.6 Å². The maximum Gasteiger partial charge on any atom is 0.226 e. The van der Waals surface area contributed by atoms with Crippen LogP contribution in [-0.2, 0) is 9.59 Å². The Morgan fingerprint density at radius 1 is 1.14 bits per heavy atom. The summed E-state index contributed by atoms with van der Waals surface area (Å²) < 4.78 is 0. The number of nitrogens with one attached hydrogen (secondary N) is 1. The fraction of sp³-hybridized carbons (Fsp3) is 0.591. The van der Waals surface area contributed by atoms with Gasteiger partial charge in [-0.15, -0.1) is 0 Å². The third-order valence-corrected chi connectivity index (χ3v) is 6.94. The Morgan fingerprint density at radius 3 is 2.54 bits per heavy atom. The molecule has 3 fully saturated rings. The van der Waals surface area contributed by atoms with E-state index in [1.54, 1.807) is 0 Å². The Morgan fingerprint density at radius 2 is 1.86 bits per heavy atom. The van der Waals surface area contributed by atoms with Crippen molar-refractivity contribution in [2.45, 2.75) is 56.4 Å². The van der Waals surface area contributed by atoms with E-state index in [1.165, 1.54) is 0 Å². The molecule has 6 heteroatoms. The van der Waals surface area contributed by atoms with E-state index in [9.17, 15) is 14.9 Å². The number of amides is 2. The summed E-state index contributed by atoms with van der Waals surface area (Å²) in [6.45, 7) is 1.37. The van der Waals surface area contributed by atoms with Gasteiger partial charge in [0.1, 0.15) is 5.54 Å². The minimum Gasteiger partial charge on any atom is -0.342 e. The van der Waals surface area contributed by atoms with E-state index < -0.39 is 5.54 Å². The standard InChI is InChI=1S/C22H26ClN3O2/c23-19-8-4-3-5-16(19)15-9-12-26(13-15)21(28)18-7-2-1-6-17(18)20(27)25-22(14-24)10-11-22/h3-5,8,15,17-18H,1-2,6-7,9-13H2,(H,25,27)/t15?,17-,18-/m1/s1. The lowest BCUT2D eigenvalue weighted by molar-refractivity contribution is -0.143. The van der Waals surface area contributed by atoms with Crippen molar-refractivity contribution in [3.63, 3.8) is 0 Å². The zero-order valence-corrected chi connectivity index (χ0v) is 16.8. The minimum absolute atomic E-state index is 0.0937. The predicted octanol–water partition coefficient (Wildman–Crippen LogP) is 3.63. The summed E-state index contributed by atoms with van der Waals surface area (Å²) >= 11 is 6.34. The van der Waals surface area contributed by atoms with Crippen LogP contribution in [0.1, 0.15) is 56.4 Å². The molecule has 1 unspecified atom stereocenters. The zero-order valence-electron chi connectivity index (χ0n) is 16.0. The molecular formula is C22H26ClN3O2. The second kappa shape index (κ2) is 7.75. The lowest BCUT2D eigenvalue weighted by Gasteiger charge is -2.33. The molecule has 0 radical (unpaired) electrons. The normalized spacial score (nSPS) is 28.4. The number of rotatable bonds is 4. The molecule has 0 spiro atoms. The number of nitriles is 1. The van der Waals surface area contributed by atoms with Crippen molar-refractivity contribution < 1.29 is 9.59 Å². The van der Waals surface area contributed by atoms with Gasteiger partial charge in [0, 0.05) is 35.9 Å². The van der Waals surface area contributed by atoms with Crippen LogP contribution in [0.5, 0.6) is 0 Å². The SMILES string of the molecule is N#CC1(NC(=O)[C@@H]2CCCC[C@H]2C(=O)N2CCC(c3ccccc3Cl)C2)CC1. The Bertz CT molecular complexity index is 814. The van der Waals surface area contributed by atoms with Crippen LogP contribution in [-0.4, -0.2) is 35.3 Å². The highest BCUT2D eigenvalue weighted by molar-refractivity contribution is 6.31. The van der Waals surface area contributed by atoms with Crippen LogP contribution in [0, 0.1) is 23.2 Å². The molecule has 0 aromatic heterocycles. The second-order valence-corrected chi connectivity index (χ2v) is 8.88. The predicted molar refractivity (Wildman–Crippen MR) is 107 cm³/mol. The molecule has 2 aliphatic carbocycles. The minimum atomic E-state index is -0.676. The van der Waals surface area contributed by atoms with Gasteiger partial charge >= 0.3 is 0 Å². The number of hydrogen-bond acceptors (Lipinski definition) is 3. The van der Waals surface area contributed by atoms with Crippen molar-refractivity contribution in [2.75, 3.05) is 13.1 Å². The molecule has 1 heterocycles. The fourth-order valence-corrected chi connectivity index (χ4v) is 5.00. The molecule has 0 bridgehead atoms. The first-order valence-corrected chi connectivity index (χ1v) is 10.7. The lowest BCUT2D eigenvalue weighted by atomic mass is 9.77. The molecule has 1 saturated heterocycles. The maximum atomic E-state index is 13.3. The van der Waals surface area contributed by atoms with E-state index in [-0.39, 0.29) is 29.6 Å². The van der Waals surface area contributed by atoms with Gasteiger partial charge in [-0.05, 0) is 43.7 Å². The third kappa shape index (κ3) is 3.75. The number of carbonyl (C=O) groups is 2. The molecule has 1 aromatic carbocycles. The molecular weight excluding hydrogens is 374 g/mol. The van der Waals surface area contributed by atoms with Gasteiger partial charge in [-0.25, -0.2) is 0 Å². The van der Waals surface area contributed by atoms with Crippen molar-refractivity contribution >= 4 is 23.4 Å². The molecule has 148 valence electrons. The van der Waals surface area contributed by atoms with Crippen LogP contribution in [0.25, 0.3) is 0 Å². The summed E-state index contributed by atoms with van der Waals surface area (Å²) in [4.78, 5) is 28.0. The van der Waals surface area contributed by atoms with Gasteiger partial charge in [0.25, 0.3) is 0 Å². The highest BCUT2D eigenvalue weighted by Crippen LogP contribution is 2.39. The van der Waals surface area contributed by atoms with Gasteiger partial charge in [-0.3, -0.25) is 9.59 Å². The van der Waals surface area contributed by atoms with E-state index in [1.807, 2.05) is 29.2 Å². The van der Waals surface area contributed by atoms with Crippen LogP contribution in [0.4, 0.5) is 0 Å². The first kappa shape index (κ1) is 19.3. The maximum absolute atomic E-state index is 13.3. The highest BCUT2D eigenvalue weighted by Gasteiger charge is 2.47. The fourth-order valence-electron chi connectivity index (χ4n) is 4.71. The summed E-state index contributed by atoms with van der Waals surface area (Å²) in [7, 11) is 0. The summed E-state index contributed by atoms with van der Waals surface area (Å²) in [6.07, 6.45) is 5.75. The van der Waals surface area contributed by atoms with Gasteiger partial charge in [0.2, 0.25) is 11.8 Å². The Kier molecular flexibility index (Phi) is 5.33. The number of hydrogen-bond donors (Lipinski definition) is 1. The third-order valence-electron chi connectivity index (χ3n) is 6.59. The van der Waals surface area contributed by atoms with Crippen molar-refractivity contribution in [1.29, 1.82) is 5.26 Å². The Labute approximate surface area is 171 Å². The second-order valence-electron chi connectivity index (χ2n) is 8.47. The molecule has 1 aliphatic heterocycles. The van der Waals surface area contributed by atoms with E-state index in [0.29, 0.717) is 25.9 Å². The number of likely N-dealkylation sites (tertiary alicyclic amines) is 1. The smallest absolute Gasteiger partial charge is 0.226 e. The molecule has 3 atom stereocenters. The van der Waals surface area contributed by atoms with Crippen molar-refractivity contribution in [3.8, 4) is 6.07 Å². The summed E-state index contributed by atoms with van der Waals surface area (Å²) in [5, 5.41) is 12.9. The van der Waals surface area contributed by atoms with Crippen molar-refractivity contribution in [3.05, 3.63) is 34.9 Å². The molecule has 1 N–H and O–H groups in total. The van der Waals surface area contributed by atoms with Gasteiger partial charge in [0.05, 0.1) is 6.07 Å². The Balaban J connectivity index is 1.43. The molecule has 1 aromatic rings. The molecule has 28 heavy (non-hydrogen) atoms. The number of benzene rings is 1. The zero-order chi connectivity index (χ0) is 19.7. The van der Waals surface area contributed by atoms with Crippen LogP contribution in [0.2, 0.25) is 5.02 Å². The molecule has 4 rings (SSSR count).